The summed E-state index contributed by atoms with van der Waals surface area (Å²) in [6, 6.07) is 8.30. The molecule has 1 rings (SSSR count). The average Bonchev–Trinajstić information content (AvgIpc) is 2.31. The first-order valence-electron chi connectivity index (χ1n) is 6.63. The summed E-state index contributed by atoms with van der Waals surface area (Å²) in [5.74, 6) is 0. The third kappa shape index (κ3) is 3.47. The van der Waals surface area contributed by atoms with Gasteiger partial charge in [0.2, 0.25) is 0 Å². The second-order valence-electron chi connectivity index (χ2n) is 4.74. The monoisotopic (exact) mass is 235 g/mol. The van der Waals surface area contributed by atoms with E-state index < -0.39 is 5.60 Å². The summed E-state index contributed by atoms with van der Waals surface area (Å²) in [4.78, 5) is 2.30. The van der Waals surface area contributed by atoms with Gasteiger partial charge < -0.3 is 10.0 Å². The Labute approximate surface area is 105 Å². The van der Waals surface area contributed by atoms with Crippen LogP contribution in [0.25, 0.3) is 0 Å². The normalized spacial score (nSPS) is 14.4. The van der Waals surface area contributed by atoms with Gasteiger partial charge in [0.1, 0.15) is 0 Å². The van der Waals surface area contributed by atoms with Crippen LogP contribution >= 0.6 is 0 Å². The molecule has 1 aromatic rings. The van der Waals surface area contributed by atoms with Crippen molar-refractivity contribution in [3.05, 3.63) is 29.8 Å². The maximum atomic E-state index is 10.3. The molecule has 0 unspecified atom stereocenters. The highest BCUT2D eigenvalue weighted by Gasteiger charge is 2.21. The highest BCUT2D eigenvalue weighted by Crippen LogP contribution is 2.27. The van der Waals surface area contributed by atoms with Crippen LogP contribution in [-0.2, 0) is 5.60 Å². The van der Waals surface area contributed by atoms with Crippen molar-refractivity contribution in [1.82, 2.24) is 0 Å². The van der Waals surface area contributed by atoms with E-state index in [2.05, 4.69) is 37.8 Å². The topological polar surface area (TPSA) is 23.5 Å². The van der Waals surface area contributed by atoms with Gasteiger partial charge in [-0.15, -0.1) is 0 Å². The fourth-order valence-corrected chi connectivity index (χ4v) is 2.25. The van der Waals surface area contributed by atoms with E-state index in [1.165, 1.54) is 5.69 Å². The number of hydrogen-bond acceptors (Lipinski definition) is 2. The summed E-state index contributed by atoms with van der Waals surface area (Å²) >= 11 is 0. The Morgan fingerprint density at radius 2 is 1.59 bits per heavy atom. The predicted octanol–water partition coefficient (Wildman–Crippen LogP) is 3.54. The van der Waals surface area contributed by atoms with E-state index in [-0.39, 0.29) is 0 Å². The predicted molar refractivity (Wildman–Crippen MR) is 74.5 cm³/mol. The van der Waals surface area contributed by atoms with Crippen LogP contribution in [0.15, 0.2) is 24.3 Å². The van der Waals surface area contributed by atoms with Gasteiger partial charge in [0.25, 0.3) is 0 Å². The van der Waals surface area contributed by atoms with Gasteiger partial charge in [-0.2, -0.15) is 0 Å². The Kier molecular flexibility index (Phi) is 5.01. The zero-order valence-electron chi connectivity index (χ0n) is 11.5. The summed E-state index contributed by atoms with van der Waals surface area (Å²) < 4.78 is 0. The van der Waals surface area contributed by atoms with Crippen LogP contribution in [0.5, 0.6) is 0 Å². The molecule has 0 aromatic heterocycles. The van der Waals surface area contributed by atoms with Crippen LogP contribution in [-0.4, -0.2) is 18.2 Å². The molecule has 96 valence electrons. The van der Waals surface area contributed by atoms with Gasteiger partial charge in [0, 0.05) is 18.8 Å². The Bertz CT molecular complexity index is 325. The molecule has 0 bridgehead atoms. The first-order valence-corrected chi connectivity index (χ1v) is 6.63. The Hall–Kier alpha value is -1.02. The second kappa shape index (κ2) is 6.06. The van der Waals surface area contributed by atoms with Crippen molar-refractivity contribution in [3.63, 3.8) is 0 Å². The highest BCUT2D eigenvalue weighted by molar-refractivity contribution is 5.48. The minimum absolute atomic E-state index is 0.698. The zero-order chi connectivity index (χ0) is 12.9. The molecule has 0 aliphatic heterocycles. The van der Waals surface area contributed by atoms with Gasteiger partial charge in [-0.25, -0.2) is 0 Å². The number of rotatable bonds is 6. The third-order valence-electron chi connectivity index (χ3n) is 3.35. The summed E-state index contributed by atoms with van der Waals surface area (Å²) in [7, 11) is 0. The molecule has 1 aromatic carbocycles. The van der Waals surface area contributed by atoms with Crippen LogP contribution in [0.3, 0.4) is 0 Å². The third-order valence-corrected chi connectivity index (χ3v) is 3.35. The van der Waals surface area contributed by atoms with E-state index in [9.17, 15) is 5.11 Å². The van der Waals surface area contributed by atoms with E-state index >= 15 is 0 Å². The molecule has 0 aliphatic rings. The maximum absolute atomic E-state index is 10.3. The van der Waals surface area contributed by atoms with Gasteiger partial charge in [0.15, 0.2) is 0 Å². The van der Waals surface area contributed by atoms with Crippen molar-refractivity contribution in [2.24, 2.45) is 0 Å². The highest BCUT2D eigenvalue weighted by atomic mass is 16.3. The number of nitrogens with zero attached hydrogens (tertiary/aromatic N) is 1. The minimum Gasteiger partial charge on any atom is -0.385 e. The zero-order valence-corrected chi connectivity index (χ0v) is 11.5. The molecule has 0 aliphatic carbocycles. The SMILES string of the molecule is CCC[C@@](C)(O)c1ccc(N(CC)CC)cc1. The molecule has 1 atom stereocenters. The molecule has 0 radical (unpaired) electrons. The Morgan fingerprint density at radius 3 is 2.00 bits per heavy atom. The van der Waals surface area contributed by atoms with E-state index in [0.29, 0.717) is 0 Å². The molecule has 17 heavy (non-hydrogen) atoms. The van der Waals surface area contributed by atoms with Crippen molar-refractivity contribution in [2.75, 3.05) is 18.0 Å². The molecule has 0 amide bonds. The number of aliphatic hydroxyl groups is 1. The largest absolute Gasteiger partial charge is 0.385 e. The van der Waals surface area contributed by atoms with E-state index in [1.54, 1.807) is 0 Å². The van der Waals surface area contributed by atoms with E-state index in [1.807, 2.05) is 19.1 Å². The second-order valence-corrected chi connectivity index (χ2v) is 4.74. The molecule has 0 heterocycles. The summed E-state index contributed by atoms with van der Waals surface area (Å²) in [5.41, 5.74) is 1.54. The van der Waals surface area contributed by atoms with Crippen molar-refractivity contribution < 1.29 is 5.11 Å². The fraction of sp³-hybridized carbons (Fsp3) is 0.600. The lowest BCUT2D eigenvalue weighted by molar-refractivity contribution is 0.0470. The smallest absolute Gasteiger partial charge is 0.0868 e. The summed E-state index contributed by atoms with van der Waals surface area (Å²) in [6.45, 7) is 10.3. The van der Waals surface area contributed by atoms with Crippen LogP contribution in [0.4, 0.5) is 5.69 Å². The quantitative estimate of drug-likeness (QED) is 0.815. The molecule has 0 saturated carbocycles. The molecule has 2 nitrogen and oxygen atoms in total. The molecule has 1 N–H and O–H groups in total. The minimum atomic E-state index is -0.698. The lowest BCUT2D eigenvalue weighted by Crippen LogP contribution is -2.23. The van der Waals surface area contributed by atoms with Crippen LogP contribution in [0.1, 0.15) is 46.1 Å². The number of hydrogen-bond donors (Lipinski definition) is 1. The van der Waals surface area contributed by atoms with Gasteiger partial charge >= 0.3 is 0 Å². The van der Waals surface area contributed by atoms with Crippen molar-refractivity contribution >= 4 is 5.69 Å². The molecule has 2 heteroatoms. The lowest BCUT2D eigenvalue weighted by Gasteiger charge is -2.25. The first-order chi connectivity index (χ1) is 8.05. The van der Waals surface area contributed by atoms with Crippen LogP contribution < -0.4 is 4.90 Å². The molecular formula is C15H25NO. The first kappa shape index (κ1) is 14.0. The molecule has 0 fully saturated rings. The van der Waals surface area contributed by atoms with Crippen LogP contribution in [0.2, 0.25) is 0 Å². The van der Waals surface area contributed by atoms with Gasteiger partial charge in [-0.3, -0.25) is 0 Å². The summed E-state index contributed by atoms with van der Waals surface area (Å²) in [5, 5.41) is 10.3. The molecule has 0 spiro atoms. The molecular weight excluding hydrogens is 210 g/mol. The average molecular weight is 235 g/mol. The van der Waals surface area contributed by atoms with E-state index in [4.69, 9.17) is 0 Å². The fourth-order valence-electron chi connectivity index (χ4n) is 2.25. The standard InChI is InChI=1S/C15H25NO/c1-5-12-15(4,17)13-8-10-14(11-9-13)16(6-2)7-3/h8-11,17H,5-7,12H2,1-4H3/t15-/m1/s1. The van der Waals surface area contributed by atoms with Crippen LogP contribution in [0, 0.1) is 0 Å². The number of anilines is 1. The van der Waals surface area contributed by atoms with Gasteiger partial charge in [-0.1, -0.05) is 25.5 Å². The maximum Gasteiger partial charge on any atom is 0.0868 e. The van der Waals surface area contributed by atoms with E-state index in [0.717, 1.165) is 31.5 Å². The van der Waals surface area contributed by atoms with Crippen molar-refractivity contribution in [3.8, 4) is 0 Å². The Balaban J connectivity index is 2.87. The lowest BCUT2D eigenvalue weighted by atomic mass is 9.91. The van der Waals surface area contributed by atoms with Gasteiger partial charge in [0.05, 0.1) is 5.60 Å². The summed E-state index contributed by atoms with van der Waals surface area (Å²) in [6.07, 6.45) is 1.79. The Morgan fingerprint density at radius 1 is 1.06 bits per heavy atom. The molecule has 0 saturated heterocycles. The van der Waals surface area contributed by atoms with Crippen molar-refractivity contribution in [2.45, 2.75) is 46.1 Å². The van der Waals surface area contributed by atoms with Gasteiger partial charge in [-0.05, 0) is 44.9 Å². The number of benzene rings is 1. The van der Waals surface area contributed by atoms with Crippen molar-refractivity contribution in [1.29, 1.82) is 0 Å².